The number of aryl methyl sites for hydroxylation is 1. The fourth-order valence-corrected chi connectivity index (χ4v) is 1.43. The lowest BCUT2D eigenvalue weighted by Crippen LogP contribution is -2.09. The Morgan fingerprint density at radius 2 is 2.38 bits per heavy atom. The minimum atomic E-state index is 0.728. The Hall–Kier alpha value is -1.35. The number of pyridine rings is 1. The molecule has 0 bridgehead atoms. The molecule has 0 saturated heterocycles. The van der Waals surface area contributed by atoms with Gasteiger partial charge in [0, 0.05) is 30.1 Å². The van der Waals surface area contributed by atoms with Gasteiger partial charge in [-0.1, -0.05) is 6.08 Å². The van der Waals surface area contributed by atoms with Crippen molar-refractivity contribution in [1.82, 2.24) is 10.3 Å². The van der Waals surface area contributed by atoms with Crippen molar-refractivity contribution in [3.8, 4) is 5.75 Å². The highest BCUT2D eigenvalue weighted by Crippen LogP contribution is 2.18. The van der Waals surface area contributed by atoms with Crippen LogP contribution in [0.3, 0.4) is 0 Å². The zero-order valence-electron chi connectivity index (χ0n) is 10.1. The summed E-state index contributed by atoms with van der Waals surface area (Å²) in [6, 6.07) is 1.99. The van der Waals surface area contributed by atoms with Gasteiger partial charge in [-0.3, -0.25) is 4.98 Å². The molecule has 0 aliphatic rings. The highest BCUT2D eigenvalue weighted by atomic mass is 16.5. The smallest absolute Gasteiger partial charge is 0.127 e. The molecule has 3 heteroatoms. The van der Waals surface area contributed by atoms with Crippen LogP contribution in [0.4, 0.5) is 0 Å². The molecule has 0 saturated carbocycles. The van der Waals surface area contributed by atoms with E-state index in [9.17, 15) is 0 Å². The molecule has 0 aromatic carbocycles. The quantitative estimate of drug-likeness (QED) is 0.566. The molecule has 1 aromatic rings. The van der Waals surface area contributed by atoms with Gasteiger partial charge in [0.1, 0.15) is 5.75 Å². The van der Waals surface area contributed by atoms with E-state index in [-0.39, 0.29) is 0 Å². The van der Waals surface area contributed by atoms with Crippen LogP contribution in [0.25, 0.3) is 0 Å². The predicted molar refractivity (Wildman–Crippen MR) is 66.7 cm³/mol. The highest BCUT2D eigenvalue weighted by molar-refractivity contribution is 5.32. The van der Waals surface area contributed by atoms with Crippen LogP contribution in [0, 0.1) is 6.92 Å². The molecule has 0 fully saturated rings. The zero-order chi connectivity index (χ0) is 11.8. The Bertz CT molecular complexity index is 337. The Morgan fingerprint density at radius 3 is 3.06 bits per heavy atom. The third-order valence-electron chi connectivity index (χ3n) is 2.26. The Kier molecular flexibility index (Phi) is 5.57. The van der Waals surface area contributed by atoms with E-state index >= 15 is 0 Å². The van der Waals surface area contributed by atoms with Crippen molar-refractivity contribution < 1.29 is 4.74 Å². The Morgan fingerprint density at radius 1 is 1.56 bits per heavy atom. The lowest BCUT2D eigenvalue weighted by molar-refractivity contribution is 0.308. The van der Waals surface area contributed by atoms with Crippen LogP contribution >= 0.6 is 0 Å². The molecule has 1 N–H and O–H groups in total. The summed E-state index contributed by atoms with van der Waals surface area (Å²) in [5.41, 5.74) is 2.09. The van der Waals surface area contributed by atoms with Crippen LogP contribution in [0.5, 0.6) is 5.75 Å². The maximum absolute atomic E-state index is 5.74. The van der Waals surface area contributed by atoms with Gasteiger partial charge in [-0.25, -0.2) is 0 Å². The van der Waals surface area contributed by atoms with Gasteiger partial charge in [-0.15, -0.1) is 6.58 Å². The maximum Gasteiger partial charge on any atom is 0.127 e. The third kappa shape index (κ3) is 4.03. The van der Waals surface area contributed by atoms with Crippen LogP contribution in [-0.4, -0.2) is 18.6 Å². The number of aromatic nitrogens is 1. The number of hydrogen-bond acceptors (Lipinski definition) is 3. The first-order valence-corrected chi connectivity index (χ1v) is 5.61. The highest BCUT2D eigenvalue weighted by Gasteiger charge is 2.03. The van der Waals surface area contributed by atoms with Gasteiger partial charge in [0.25, 0.3) is 0 Å². The second-order valence-electron chi connectivity index (χ2n) is 3.74. The molecule has 1 rings (SSSR count). The minimum Gasteiger partial charge on any atom is -0.493 e. The number of unbranched alkanes of at least 4 members (excludes halogenated alkanes) is 1. The van der Waals surface area contributed by atoms with Crippen LogP contribution in [-0.2, 0) is 6.54 Å². The molecular weight excluding hydrogens is 200 g/mol. The van der Waals surface area contributed by atoms with Gasteiger partial charge in [-0.05, 0) is 26.8 Å². The van der Waals surface area contributed by atoms with Crippen molar-refractivity contribution in [1.29, 1.82) is 0 Å². The maximum atomic E-state index is 5.74. The number of nitrogens with one attached hydrogen (secondary N) is 1. The lowest BCUT2D eigenvalue weighted by atomic mass is 10.2. The van der Waals surface area contributed by atoms with E-state index < -0.39 is 0 Å². The lowest BCUT2D eigenvalue weighted by Gasteiger charge is -2.11. The number of rotatable bonds is 7. The van der Waals surface area contributed by atoms with Gasteiger partial charge >= 0.3 is 0 Å². The number of hydrogen-bond donors (Lipinski definition) is 1. The van der Waals surface area contributed by atoms with Crippen LogP contribution < -0.4 is 10.1 Å². The molecule has 0 aliphatic carbocycles. The number of ether oxygens (including phenoxy) is 1. The standard InChI is InChI=1S/C13H20N2O/c1-4-5-6-7-16-13-8-11(2)15-10-12(13)9-14-3/h4,8,10,14H,1,5-7,9H2,2-3H3. The monoisotopic (exact) mass is 220 g/mol. The topological polar surface area (TPSA) is 34.1 Å². The predicted octanol–water partition coefficient (Wildman–Crippen LogP) is 2.45. The normalized spacial score (nSPS) is 10.1. The van der Waals surface area contributed by atoms with E-state index in [0.29, 0.717) is 0 Å². The SMILES string of the molecule is C=CCCCOc1cc(C)ncc1CNC. The first-order valence-electron chi connectivity index (χ1n) is 5.61. The fraction of sp³-hybridized carbons (Fsp3) is 0.462. The second-order valence-corrected chi connectivity index (χ2v) is 3.74. The minimum absolute atomic E-state index is 0.728. The fourth-order valence-electron chi connectivity index (χ4n) is 1.43. The molecule has 0 amide bonds. The Labute approximate surface area is 97.5 Å². The van der Waals surface area contributed by atoms with Gasteiger partial charge in [-0.2, -0.15) is 0 Å². The van der Waals surface area contributed by atoms with Crippen LogP contribution in [0.15, 0.2) is 24.9 Å². The zero-order valence-corrected chi connectivity index (χ0v) is 10.1. The third-order valence-corrected chi connectivity index (χ3v) is 2.26. The summed E-state index contributed by atoms with van der Waals surface area (Å²) < 4.78 is 5.74. The van der Waals surface area contributed by atoms with Gasteiger partial charge < -0.3 is 10.1 Å². The van der Waals surface area contributed by atoms with Crippen molar-refractivity contribution >= 4 is 0 Å². The molecule has 0 unspecified atom stereocenters. The molecule has 0 spiro atoms. The van der Waals surface area contributed by atoms with E-state index in [1.165, 1.54) is 0 Å². The first-order chi connectivity index (χ1) is 7.77. The summed E-state index contributed by atoms with van der Waals surface area (Å²) in [4.78, 5) is 4.27. The molecule has 0 radical (unpaired) electrons. The Balaban J connectivity index is 2.60. The summed E-state index contributed by atoms with van der Waals surface area (Å²) in [6.45, 7) is 7.17. The van der Waals surface area contributed by atoms with Gasteiger partial charge in [0.15, 0.2) is 0 Å². The van der Waals surface area contributed by atoms with Crippen molar-refractivity contribution in [3.63, 3.8) is 0 Å². The summed E-state index contributed by atoms with van der Waals surface area (Å²) in [5, 5.41) is 3.11. The van der Waals surface area contributed by atoms with E-state index in [0.717, 1.165) is 43.0 Å². The number of allylic oxidation sites excluding steroid dienone is 1. The molecule has 0 aliphatic heterocycles. The summed E-state index contributed by atoms with van der Waals surface area (Å²) in [5.74, 6) is 0.936. The van der Waals surface area contributed by atoms with Crippen LogP contribution in [0.2, 0.25) is 0 Å². The van der Waals surface area contributed by atoms with E-state index in [1.54, 1.807) is 0 Å². The molecule has 16 heavy (non-hydrogen) atoms. The van der Waals surface area contributed by atoms with Crippen molar-refractivity contribution in [2.45, 2.75) is 26.3 Å². The van der Waals surface area contributed by atoms with Crippen LogP contribution in [0.1, 0.15) is 24.1 Å². The summed E-state index contributed by atoms with van der Waals surface area (Å²) in [6.07, 6.45) is 5.78. The summed E-state index contributed by atoms with van der Waals surface area (Å²) in [7, 11) is 1.92. The molecular formula is C13H20N2O. The average Bonchev–Trinajstić information content (AvgIpc) is 2.28. The molecule has 1 aromatic heterocycles. The van der Waals surface area contributed by atoms with Gasteiger partial charge in [0.2, 0.25) is 0 Å². The summed E-state index contributed by atoms with van der Waals surface area (Å²) >= 11 is 0. The van der Waals surface area contributed by atoms with Crippen molar-refractivity contribution in [2.75, 3.05) is 13.7 Å². The first kappa shape index (κ1) is 12.7. The average molecular weight is 220 g/mol. The second kappa shape index (κ2) is 7.01. The number of nitrogens with zero attached hydrogens (tertiary/aromatic N) is 1. The van der Waals surface area contributed by atoms with Crippen molar-refractivity contribution in [2.24, 2.45) is 0 Å². The van der Waals surface area contributed by atoms with Gasteiger partial charge in [0.05, 0.1) is 6.61 Å². The molecule has 1 heterocycles. The molecule has 0 atom stereocenters. The molecule has 88 valence electrons. The largest absolute Gasteiger partial charge is 0.493 e. The van der Waals surface area contributed by atoms with Crippen molar-refractivity contribution in [3.05, 3.63) is 36.2 Å². The van der Waals surface area contributed by atoms with E-state index in [4.69, 9.17) is 4.74 Å². The van der Waals surface area contributed by atoms with E-state index in [2.05, 4.69) is 16.9 Å². The van der Waals surface area contributed by atoms with E-state index in [1.807, 2.05) is 32.3 Å². The molecule has 3 nitrogen and oxygen atoms in total.